The Morgan fingerprint density at radius 2 is 2.08 bits per heavy atom. The molecule has 2 aromatic heterocycles. The smallest absolute Gasteiger partial charge is 0.464 e. The van der Waals surface area contributed by atoms with E-state index in [-0.39, 0.29) is 11.6 Å². The van der Waals surface area contributed by atoms with E-state index >= 15 is 0 Å². The van der Waals surface area contributed by atoms with E-state index in [0.29, 0.717) is 11.1 Å². The summed E-state index contributed by atoms with van der Waals surface area (Å²) in [6, 6.07) is 7.25. The molecule has 4 N–H and O–H groups in total. The van der Waals surface area contributed by atoms with Crippen molar-refractivity contribution in [1.29, 1.82) is 0 Å². The highest BCUT2D eigenvalue weighted by Gasteiger charge is 2.29. The van der Waals surface area contributed by atoms with Crippen molar-refractivity contribution in [2.45, 2.75) is 12.4 Å². The van der Waals surface area contributed by atoms with E-state index in [0.717, 1.165) is 16.7 Å². The molecule has 0 spiro atoms. The topological polar surface area (TPSA) is 125 Å². The number of amides is 2. The van der Waals surface area contributed by atoms with Crippen molar-refractivity contribution < 1.29 is 24.1 Å². The summed E-state index contributed by atoms with van der Waals surface area (Å²) in [5.41, 5.74) is 1.34. The highest BCUT2D eigenvalue weighted by molar-refractivity contribution is 7.13. The summed E-state index contributed by atoms with van der Waals surface area (Å²) in [4.78, 5) is 27.7. The molecular weight excluding hydrogens is 345 g/mol. The van der Waals surface area contributed by atoms with Crippen LogP contribution in [0, 0.1) is 0 Å². The molecule has 0 aliphatic rings. The number of hydrogen-bond donors (Lipinski definition) is 4. The monoisotopic (exact) mass is 359 g/mol. The molecule has 10 heteroatoms. The molecule has 0 saturated carbocycles. The Morgan fingerprint density at radius 1 is 1.28 bits per heavy atom. The van der Waals surface area contributed by atoms with E-state index in [9.17, 15) is 19.6 Å². The number of carbonyl (C=O) groups is 2. The standard InChI is InChI=1S/C15H14BN3O5S/c20-13(14(21)19-15-17-5-6-25-15)18-12(16(22)23)7-9-8-24-11-4-2-1-3-10(9)11/h1-6,8,12,22-23H,7H2,(H,18,20)(H,17,19,21)/t12-/m0/s1. The number of benzene rings is 1. The van der Waals surface area contributed by atoms with Gasteiger partial charge in [-0.2, -0.15) is 0 Å². The summed E-state index contributed by atoms with van der Waals surface area (Å²) in [6.07, 6.45) is 3.06. The predicted molar refractivity (Wildman–Crippen MR) is 92.8 cm³/mol. The van der Waals surface area contributed by atoms with Gasteiger partial charge in [0.2, 0.25) is 0 Å². The molecule has 8 nitrogen and oxygen atoms in total. The molecule has 0 fully saturated rings. The molecular formula is C15H14BN3O5S. The van der Waals surface area contributed by atoms with Crippen molar-refractivity contribution >= 4 is 46.4 Å². The van der Waals surface area contributed by atoms with Crippen LogP contribution < -0.4 is 10.6 Å². The van der Waals surface area contributed by atoms with Crippen LogP contribution >= 0.6 is 11.3 Å². The van der Waals surface area contributed by atoms with Crippen LogP contribution in [0.4, 0.5) is 5.13 Å². The number of rotatable bonds is 5. The fourth-order valence-electron chi connectivity index (χ4n) is 2.33. The summed E-state index contributed by atoms with van der Waals surface area (Å²) >= 11 is 1.16. The van der Waals surface area contributed by atoms with E-state index < -0.39 is 24.9 Å². The molecule has 0 saturated heterocycles. The van der Waals surface area contributed by atoms with Gasteiger partial charge in [-0.05, 0) is 18.1 Å². The number of furan rings is 1. The van der Waals surface area contributed by atoms with Crippen LogP contribution in [-0.2, 0) is 16.0 Å². The molecule has 25 heavy (non-hydrogen) atoms. The van der Waals surface area contributed by atoms with E-state index in [4.69, 9.17) is 4.42 Å². The van der Waals surface area contributed by atoms with Crippen molar-refractivity contribution in [2.75, 3.05) is 5.32 Å². The van der Waals surface area contributed by atoms with Gasteiger partial charge in [0.25, 0.3) is 0 Å². The summed E-state index contributed by atoms with van der Waals surface area (Å²) < 4.78 is 5.39. The number of anilines is 1. The number of fused-ring (bicyclic) bond motifs is 1. The Labute approximate surface area is 146 Å². The quantitative estimate of drug-likeness (QED) is 0.390. The zero-order chi connectivity index (χ0) is 17.8. The van der Waals surface area contributed by atoms with Crippen LogP contribution in [0.25, 0.3) is 11.0 Å². The molecule has 0 aliphatic heterocycles. The first-order valence-corrected chi connectivity index (χ1v) is 8.25. The summed E-state index contributed by atoms with van der Waals surface area (Å²) in [5, 5.41) is 26.5. The molecule has 3 aromatic rings. The van der Waals surface area contributed by atoms with Crippen molar-refractivity contribution in [1.82, 2.24) is 10.3 Å². The van der Waals surface area contributed by atoms with Crippen LogP contribution in [0.1, 0.15) is 5.56 Å². The van der Waals surface area contributed by atoms with Crippen LogP contribution in [0.2, 0.25) is 0 Å². The maximum Gasteiger partial charge on any atom is 0.475 e. The number of hydrogen-bond acceptors (Lipinski definition) is 7. The average molecular weight is 359 g/mol. The first-order valence-electron chi connectivity index (χ1n) is 7.37. The predicted octanol–water partition coefficient (Wildman–Crippen LogP) is 0.567. The first-order chi connectivity index (χ1) is 12.0. The van der Waals surface area contributed by atoms with Gasteiger partial charge in [-0.1, -0.05) is 18.2 Å². The van der Waals surface area contributed by atoms with Gasteiger partial charge in [0.05, 0.1) is 12.2 Å². The van der Waals surface area contributed by atoms with E-state index in [1.54, 1.807) is 11.4 Å². The Balaban J connectivity index is 1.68. The second-order valence-corrected chi connectivity index (χ2v) is 6.14. The molecule has 1 atom stereocenters. The summed E-state index contributed by atoms with van der Waals surface area (Å²) in [5.74, 6) is -2.99. The Morgan fingerprint density at radius 3 is 2.80 bits per heavy atom. The largest absolute Gasteiger partial charge is 0.475 e. The molecule has 1 aromatic carbocycles. The van der Waals surface area contributed by atoms with Gasteiger partial charge in [-0.15, -0.1) is 11.3 Å². The SMILES string of the molecule is O=C(Nc1nccs1)C(=O)N[C@@H](Cc1coc2ccccc12)B(O)O. The number of aromatic nitrogens is 1. The van der Waals surface area contributed by atoms with Gasteiger partial charge < -0.3 is 19.8 Å². The van der Waals surface area contributed by atoms with Crippen molar-refractivity contribution in [3.63, 3.8) is 0 Å². The maximum absolute atomic E-state index is 12.0. The lowest BCUT2D eigenvalue weighted by Crippen LogP contribution is -2.51. The van der Waals surface area contributed by atoms with E-state index in [1.807, 2.05) is 18.2 Å². The maximum atomic E-state index is 12.0. The van der Waals surface area contributed by atoms with Crippen LogP contribution in [0.5, 0.6) is 0 Å². The zero-order valence-corrected chi connectivity index (χ0v) is 13.7. The molecule has 2 amide bonds. The third-order valence-electron chi connectivity index (χ3n) is 3.54. The number of nitrogens with zero attached hydrogens (tertiary/aromatic N) is 1. The van der Waals surface area contributed by atoms with Crippen molar-refractivity contribution in [3.05, 3.63) is 47.7 Å². The van der Waals surface area contributed by atoms with Crippen LogP contribution in [0.15, 0.2) is 46.5 Å². The highest BCUT2D eigenvalue weighted by Crippen LogP contribution is 2.22. The molecule has 0 aliphatic carbocycles. The van der Waals surface area contributed by atoms with Crippen LogP contribution in [-0.4, -0.2) is 39.9 Å². The molecule has 128 valence electrons. The fraction of sp³-hybridized carbons (Fsp3) is 0.133. The van der Waals surface area contributed by atoms with Gasteiger partial charge in [-0.3, -0.25) is 14.9 Å². The minimum atomic E-state index is -1.84. The minimum absolute atomic E-state index is 0.0882. The Kier molecular flexibility index (Phi) is 5.12. The third-order valence-corrected chi connectivity index (χ3v) is 4.22. The second-order valence-electron chi connectivity index (χ2n) is 5.25. The second kappa shape index (κ2) is 7.47. The van der Waals surface area contributed by atoms with Gasteiger partial charge in [0.15, 0.2) is 5.13 Å². The van der Waals surface area contributed by atoms with Gasteiger partial charge in [0, 0.05) is 17.0 Å². The highest BCUT2D eigenvalue weighted by atomic mass is 32.1. The summed E-state index contributed by atoms with van der Waals surface area (Å²) in [7, 11) is -1.84. The van der Waals surface area contributed by atoms with Gasteiger partial charge in [0.1, 0.15) is 5.58 Å². The summed E-state index contributed by atoms with van der Waals surface area (Å²) in [6.45, 7) is 0. The van der Waals surface area contributed by atoms with Gasteiger partial charge in [-0.25, -0.2) is 4.98 Å². The lowest BCUT2D eigenvalue weighted by atomic mass is 9.76. The molecule has 3 rings (SSSR count). The third kappa shape index (κ3) is 4.05. The Hall–Kier alpha value is -2.69. The normalized spacial score (nSPS) is 11.9. The van der Waals surface area contributed by atoms with E-state index in [2.05, 4.69) is 15.6 Å². The zero-order valence-electron chi connectivity index (χ0n) is 12.9. The van der Waals surface area contributed by atoms with E-state index in [1.165, 1.54) is 12.5 Å². The molecule has 0 unspecified atom stereocenters. The molecule has 0 bridgehead atoms. The lowest BCUT2D eigenvalue weighted by molar-refractivity contribution is -0.136. The van der Waals surface area contributed by atoms with Gasteiger partial charge >= 0.3 is 18.9 Å². The lowest BCUT2D eigenvalue weighted by Gasteiger charge is -2.16. The molecule has 2 heterocycles. The number of para-hydroxylation sites is 1. The first kappa shape index (κ1) is 17.1. The van der Waals surface area contributed by atoms with Crippen LogP contribution in [0.3, 0.4) is 0 Å². The Bertz CT molecular complexity index is 880. The average Bonchev–Trinajstić information content (AvgIpc) is 3.24. The number of carbonyl (C=O) groups excluding carboxylic acids is 2. The van der Waals surface area contributed by atoms with Crippen molar-refractivity contribution in [2.24, 2.45) is 0 Å². The minimum Gasteiger partial charge on any atom is -0.464 e. The number of thiazole rings is 1. The van der Waals surface area contributed by atoms with Crippen molar-refractivity contribution in [3.8, 4) is 0 Å². The fourth-order valence-corrected chi connectivity index (χ4v) is 2.86. The number of nitrogens with one attached hydrogen (secondary N) is 2. The molecule has 0 radical (unpaired) electrons.